The Balaban J connectivity index is 2.44. The minimum absolute atomic E-state index is 0.0669. The fourth-order valence-electron chi connectivity index (χ4n) is 1.24. The second kappa shape index (κ2) is 3.83. The Labute approximate surface area is 66.7 Å². The maximum Gasteiger partial charge on any atom is 0.187 e. The number of hydrogen-bond acceptors (Lipinski definition) is 3. The van der Waals surface area contributed by atoms with Crippen LogP contribution < -0.4 is 0 Å². The summed E-state index contributed by atoms with van der Waals surface area (Å²) in [7, 11) is 1.57. The molecule has 0 N–H and O–H groups in total. The standard InChI is InChI=1S/C8H14O3/c1-3-6-4-8(10-2)7(9)5-11-6/h6,8H,3-5H2,1-2H3/t6-,8+/m0/s1. The van der Waals surface area contributed by atoms with Crippen LogP contribution in [-0.4, -0.2) is 31.7 Å². The van der Waals surface area contributed by atoms with E-state index >= 15 is 0 Å². The van der Waals surface area contributed by atoms with E-state index in [2.05, 4.69) is 0 Å². The van der Waals surface area contributed by atoms with Gasteiger partial charge in [-0.15, -0.1) is 0 Å². The summed E-state index contributed by atoms with van der Waals surface area (Å²) in [4.78, 5) is 11.0. The molecule has 0 bridgehead atoms. The Bertz CT molecular complexity index is 144. The average molecular weight is 158 g/mol. The first-order valence-corrected chi connectivity index (χ1v) is 3.95. The van der Waals surface area contributed by atoms with Crippen molar-refractivity contribution < 1.29 is 14.3 Å². The molecule has 1 saturated heterocycles. The van der Waals surface area contributed by atoms with E-state index in [0.717, 1.165) is 6.42 Å². The van der Waals surface area contributed by atoms with Gasteiger partial charge in [0.2, 0.25) is 0 Å². The first-order chi connectivity index (χ1) is 5.27. The molecule has 1 heterocycles. The van der Waals surface area contributed by atoms with Gasteiger partial charge in [-0.1, -0.05) is 6.92 Å². The molecule has 11 heavy (non-hydrogen) atoms. The Hall–Kier alpha value is -0.410. The van der Waals surface area contributed by atoms with E-state index in [1.807, 2.05) is 6.92 Å². The highest BCUT2D eigenvalue weighted by Gasteiger charge is 2.27. The van der Waals surface area contributed by atoms with Crippen molar-refractivity contribution in [2.45, 2.75) is 32.0 Å². The average Bonchev–Trinajstić information content (AvgIpc) is 2.05. The van der Waals surface area contributed by atoms with Crippen LogP contribution in [-0.2, 0) is 14.3 Å². The van der Waals surface area contributed by atoms with Gasteiger partial charge in [0.05, 0.1) is 6.10 Å². The molecule has 1 aliphatic heterocycles. The predicted octanol–water partition coefficient (Wildman–Crippen LogP) is 0.769. The molecular weight excluding hydrogens is 144 g/mol. The Morgan fingerprint density at radius 3 is 3.00 bits per heavy atom. The van der Waals surface area contributed by atoms with Crippen LogP contribution in [0.1, 0.15) is 19.8 Å². The van der Waals surface area contributed by atoms with Crippen LogP contribution in [0, 0.1) is 0 Å². The number of Topliss-reactive ketones (excluding diaryl/α,β-unsaturated/α-hetero) is 1. The smallest absolute Gasteiger partial charge is 0.187 e. The van der Waals surface area contributed by atoms with Crippen molar-refractivity contribution in [3.8, 4) is 0 Å². The second-order valence-electron chi connectivity index (χ2n) is 2.77. The van der Waals surface area contributed by atoms with E-state index in [1.54, 1.807) is 7.11 Å². The number of ether oxygens (including phenoxy) is 2. The van der Waals surface area contributed by atoms with Crippen molar-refractivity contribution in [1.29, 1.82) is 0 Å². The van der Waals surface area contributed by atoms with Gasteiger partial charge in [0, 0.05) is 13.5 Å². The lowest BCUT2D eigenvalue weighted by molar-refractivity contribution is -0.146. The molecule has 64 valence electrons. The third-order valence-corrected chi connectivity index (χ3v) is 2.04. The van der Waals surface area contributed by atoms with Crippen molar-refractivity contribution in [2.75, 3.05) is 13.7 Å². The summed E-state index contributed by atoms with van der Waals surface area (Å²) in [6.45, 7) is 2.27. The molecule has 3 nitrogen and oxygen atoms in total. The van der Waals surface area contributed by atoms with Crippen molar-refractivity contribution in [3.05, 3.63) is 0 Å². The molecule has 0 radical (unpaired) electrons. The zero-order valence-corrected chi connectivity index (χ0v) is 7.00. The van der Waals surface area contributed by atoms with Crippen molar-refractivity contribution in [1.82, 2.24) is 0 Å². The van der Waals surface area contributed by atoms with E-state index in [9.17, 15) is 4.79 Å². The summed E-state index contributed by atoms with van der Waals surface area (Å²) in [5.41, 5.74) is 0. The summed E-state index contributed by atoms with van der Waals surface area (Å²) in [5, 5.41) is 0. The highest BCUT2D eigenvalue weighted by Crippen LogP contribution is 2.15. The lowest BCUT2D eigenvalue weighted by Crippen LogP contribution is -2.38. The number of carbonyl (C=O) groups is 1. The quantitative estimate of drug-likeness (QED) is 0.595. The first-order valence-electron chi connectivity index (χ1n) is 3.95. The summed E-state index contributed by atoms with van der Waals surface area (Å²) < 4.78 is 10.2. The maximum atomic E-state index is 11.0. The van der Waals surface area contributed by atoms with Crippen molar-refractivity contribution in [2.24, 2.45) is 0 Å². The highest BCUT2D eigenvalue weighted by atomic mass is 16.5. The zero-order chi connectivity index (χ0) is 8.27. The van der Waals surface area contributed by atoms with Crippen LogP contribution in [0.4, 0.5) is 0 Å². The SMILES string of the molecule is CC[C@H]1C[C@@H](OC)C(=O)CO1. The van der Waals surface area contributed by atoms with Crippen molar-refractivity contribution >= 4 is 5.78 Å². The third kappa shape index (κ3) is 2.01. The number of rotatable bonds is 2. The zero-order valence-electron chi connectivity index (χ0n) is 7.00. The normalized spacial score (nSPS) is 32.4. The fourth-order valence-corrected chi connectivity index (χ4v) is 1.24. The minimum atomic E-state index is -0.228. The van der Waals surface area contributed by atoms with Crippen LogP contribution in [0.15, 0.2) is 0 Å². The van der Waals surface area contributed by atoms with E-state index in [1.165, 1.54) is 0 Å². The Morgan fingerprint density at radius 2 is 2.45 bits per heavy atom. The molecule has 0 unspecified atom stereocenters. The monoisotopic (exact) mass is 158 g/mol. The molecule has 3 heteroatoms. The van der Waals surface area contributed by atoms with Gasteiger partial charge >= 0.3 is 0 Å². The molecule has 0 aromatic heterocycles. The lowest BCUT2D eigenvalue weighted by Gasteiger charge is -2.26. The van der Waals surface area contributed by atoms with Gasteiger partial charge < -0.3 is 9.47 Å². The van der Waals surface area contributed by atoms with Gasteiger partial charge in [-0.2, -0.15) is 0 Å². The van der Waals surface area contributed by atoms with E-state index < -0.39 is 0 Å². The topological polar surface area (TPSA) is 35.5 Å². The lowest BCUT2D eigenvalue weighted by atomic mass is 10.0. The molecule has 0 aromatic carbocycles. The molecule has 0 spiro atoms. The van der Waals surface area contributed by atoms with Gasteiger partial charge in [0.25, 0.3) is 0 Å². The molecular formula is C8H14O3. The summed E-state index contributed by atoms with van der Waals surface area (Å²) in [6, 6.07) is 0. The summed E-state index contributed by atoms with van der Waals surface area (Å²) in [6.07, 6.45) is 1.64. The van der Waals surface area contributed by atoms with Gasteiger partial charge in [-0.25, -0.2) is 0 Å². The third-order valence-electron chi connectivity index (χ3n) is 2.04. The van der Waals surface area contributed by atoms with E-state index in [0.29, 0.717) is 6.42 Å². The fraction of sp³-hybridized carbons (Fsp3) is 0.875. The molecule has 1 aliphatic rings. The van der Waals surface area contributed by atoms with Crippen LogP contribution in [0.5, 0.6) is 0 Å². The highest BCUT2D eigenvalue weighted by molar-refractivity contribution is 5.84. The summed E-state index contributed by atoms with van der Waals surface area (Å²) >= 11 is 0. The van der Waals surface area contributed by atoms with Gasteiger partial charge in [-0.05, 0) is 6.42 Å². The number of ketones is 1. The van der Waals surface area contributed by atoms with Gasteiger partial charge in [0.1, 0.15) is 12.7 Å². The van der Waals surface area contributed by atoms with Gasteiger partial charge in [0.15, 0.2) is 5.78 Å². The molecule has 2 atom stereocenters. The summed E-state index contributed by atoms with van der Waals surface area (Å²) in [5.74, 6) is 0.0669. The molecule has 0 aliphatic carbocycles. The molecule has 0 aromatic rings. The number of methoxy groups -OCH3 is 1. The molecule has 1 rings (SSSR count). The maximum absolute atomic E-state index is 11.0. The van der Waals surface area contributed by atoms with E-state index in [-0.39, 0.29) is 24.6 Å². The molecule has 0 amide bonds. The van der Waals surface area contributed by atoms with Crippen LogP contribution in [0.3, 0.4) is 0 Å². The molecule has 1 fully saturated rings. The van der Waals surface area contributed by atoms with E-state index in [4.69, 9.17) is 9.47 Å². The Morgan fingerprint density at radius 1 is 1.73 bits per heavy atom. The number of hydrogen-bond donors (Lipinski definition) is 0. The van der Waals surface area contributed by atoms with Crippen LogP contribution in [0.25, 0.3) is 0 Å². The molecule has 0 saturated carbocycles. The second-order valence-corrected chi connectivity index (χ2v) is 2.77. The first kappa shape index (κ1) is 8.68. The van der Waals surface area contributed by atoms with Crippen LogP contribution >= 0.6 is 0 Å². The minimum Gasteiger partial charge on any atom is -0.373 e. The Kier molecular flexibility index (Phi) is 3.02. The van der Waals surface area contributed by atoms with Gasteiger partial charge in [-0.3, -0.25) is 4.79 Å². The number of carbonyl (C=O) groups excluding carboxylic acids is 1. The predicted molar refractivity (Wildman–Crippen MR) is 40.5 cm³/mol. The largest absolute Gasteiger partial charge is 0.373 e. The van der Waals surface area contributed by atoms with Crippen molar-refractivity contribution in [3.63, 3.8) is 0 Å². The van der Waals surface area contributed by atoms with Crippen LogP contribution in [0.2, 0.25) is 0 Å².